The fourth-order valence-electron chi connectivity index (χ4n) is 4.00. The molecule has 3 amide bonds. The zero-order chi connectivity index (χ0) is 24.5. The highest BCUT2D eigenvalue weighted by atomic mass is 19.4. The lowest BCUT2D eigenvalue weighted by Crippen LogP contribution is -2.42. The minimum atomic E-state index is -4.48. The summed E-state index contributed by atoms with van der Waals surface area (Å²) in [5.41, 5.74) is 2.09. The van der Waals surface area contributed by atoms with Crippen molar-refractivity contribution in [3.63, 3.8) is 0 Å². The minimum Gasteiger partial charge on any atom is -0.493 e. The SMILES string of the molecule is C[C@@H](O)CN1Cc2ccc(NC(=O)/C=C3\CCCOc4cc(C(F)(F)F)ccc43)cc2NC1=O. The van der Waals surface area contributed by atoms with Crippen LogP contribution in [0.4, 0.5) is 29.3 Å². The van der Waals surface area contributed by atoms with Gasteiger partial charge in [0.1, 0.15) is 5.75 Å². The molecule has 2 heterocycles. The molecule has 3 N–H and O–H groups in total. The monoisotopic (exact) mass is 475 g/mol. The predicted octanol–water partition coefficient (Wildman–Crippen LogP) is 4.63. The van der Waals surface area contributed by atoms with Gasteiger partial charge in [0.15, 0.2) is 0 Å². The molecular formula is C24H24F3N3O4. The Labute approximate surface area is 194 Å². The van der Waals surface area contributed by atoms with Crippen molar-refractivity contribution in [2.24, 2.45) is 0 Å². The molecule has 0 fully saturated rings. The maximum atomic E-state index is 13.1. The van der Waals surface area contributed by atoms with Crippen LogP contribution in [-0.4, -0.2) is 41.2 Å². The summed E-state index contributed by atoms with van der Waals surface area (Å²) in [7, 11) is 0. The van der Waals surface area contributed by atoms with Crippen LogP contribution in [0.15, 0.2) is 42.5 Å². The number of carbonyl (C=O) groups excluding carboxylic acids is 2. The number of nitrogens with zero attached hydrogens (tertiary/aromatic N) is 1. The first-order valence-electron chi connectivity index (χ1n) is 10.8. The number of carbonyl (C=O) groups is 2. The van der Waals surface area contributed by atoms with Crippen LogP contribution < -0.4 is 15.4 Å². The Bertz CT molecular complexity index is 1140. The van der Waals surface area contributed by atoms with Crippen LogP contribution in [0.5, 0.6) is 5.75 Å². The van der Waals surface area contributed by atoms with E-state index in [2.05, 4.69) is 10.6 Å². The number of aliphatic hydroxyl groups excluding tert-OH is 1. The third-order valence-electron chi connectivity index (χ3n) is 5.56. The number of halogens is 3. The molecule has 34 heavy (non-hydrogen) atoms. The molecule has 0 bridgehead atoms. The van der Waals surface area contributed by atoms with Gasteiger partial charge in [0, 0.05) is 36.1 Å². The van der Waals surface area contributed by atoms with Gasteiger partial charge in [-0.1, -0.05) is 12.1 Å². The smallest absolute Gasteiger partial charge is 0.416 e. The number of benzene rings is 2. The van der Waals surface area contributed by atoms with Crippen LogP contribution >= 0.6 is 0 Å². The maximum Gasteiger partial charge on any atom is 0.416 e. The Balaban J connectivity index is 1.51. The second-order valence-electron chi connectivity index (χ2n) is 8.35. The second-order valence-corrected chi connectivity index (χ2v) is 8.35. The van der Waals surface area contributed by atoms with Crippen molar-refractivity contribution in [1.82, 2.24) is 4.90 Å². The summed E-state index contributed by atoms with van der Waals surface area (Å²) >= 11 is 0. The summed E-state index contributed by atoms with van der Waals surface area (Å²) in [4.78, 5) is 26.4. The Morgan fingerprint density at radius 1 is 1.29 bits per heavy atom. The molecule has 0 saturated carbocycles. The van der Waals surface area contributed by atoms with Gasteiger partial charge in [-0.25, -0.2) is 4.79 Å². The van der Waals surface area contributed by atoms with Gasteiger partial charge in [0.2, 0.25) is 5.91 Å². The van der Waals surface area contributed by atoms with Gasteiger partial charge in [0.25, 0.3) is 0 Å². The van der Waals surface area contributed by atoms with E-state index in [4.69, 9.17) is 4.74 Å². The summed E-state index contributed by atoms with van der Waals surface area (Å²) in [6.07, 6.45) is -2.74. The third-order valence-corrected chi connectivity index (χ3v) is 5.56. The minimum absolute atomic E-state index is 0.101. The van der Waals surface area contributed by atoms with Crippen molar-refractivity contribution in [2.45, 2.75) is 38.6 Å². The van der Waals surface area contributed by atoms with Crippen molar-refractivity contribution in [3.8, 4) is 5.75 Å². The molecule has 2 aromatic carbocycles. The fourth-order valence-corrected chi connectivity index (χ4v) is 4.00. The lowest BCUT2D eigenvalue weighted by molar-refractivity contribution is -0.137. The van der Waals surface area contributed by atoms with Crippen LogP contribution in [0, 0.1) is 0 Å². The summed E-state index contributed by atoms with van der Waals surface area (Å²) in [6, 6.07) is 8.05. The van der Waals surface area contributed by atoms with Crippen LogP contribution in [0.1, 0.15) is 36.5 Å². The number of rotatable bonds is 4. The van der Waals surface area contributed by atoms with Gasteiger partial charge in [-0.3, -0.25) is 4.79 Å². The van der Waals surface area contributed by atoms with Crippen LogP contribution in [0.2, 0.25) is 0 Å². The molecule has 10 heteroatoms. The third kappa shape index (κ3) is 5.33. The molecule has 2 aliphatic rings. The number of anilines is 2. The number of urea groups is 1. The van der Waals surface area contributed by atoms with Gasteiger partial charge < -0.3 is 25.4 Å². The summed E-state index contributed by atoms with van der Waals surface area (Å²) in [5, 5.41) is 15.0. The maximum absolute atomic E-state index is 13.1. The quantitative estimate of drug-likeness (QED) is 0.563. The summed E-state index contributed by atoms with van der Waals surface area (Å²) in [6.45, 7) is 2.39. The highest BCUT2D eigenvalue weighted by molar-refractivity contribution is 6.05. The molecule has 0 saturated heterocycles. The molecule has 0 unspecified atom stereocenters. The van der Waals surface area contributed by atoms with E-state index in [0.717, 1.165) is 17.7 Å². The van der Waals surface area contributed by atoms with Crippen molar-refractivity contribution in [1.29, 1.82) is 0 Å². The second kappa shape index (κ2) is 9.38. The number of allylic oxidation sites excluding steroid dienone is 1. The standard InChI is InChI=1S/C24H24F3N3O4/c1-14(31)12-30-13-16-4-6-18(11-20(16)29-23(30)33)28-22(32)9-15-3-2-8-34-21-10-17(24(25,26)27)5-7-19(15)21/h4-7,9-11,14,31H,2-3,8,12-13H2,1H3,(H,28,32)(H,29,33)/b15-9+/t14-/m1/s1. The number of ether oxygens (including phenoxy) is 1. The fraction of sp³-hybridized carbons (Fsp3) is 0.333. The Kier molecular flexibility index (Phi) is 6.52. The van der Waals surface area contributed by atoms with Crippen LogP contribution in [-0.2, 0) is 17.5 Å². The van der Waals surface area contributed by atoms with E-state index in [1.807, 2.05) is 0 Å². The average molecular weight is 475 g/mol. The number of hydrogen-bond acceptors (Lipinski definition) is 4. The van der Waals surface area contributed by atoms with E-state index in [0.29, 0.717) is 41.9 Å². The van der Waals surface area contributed by atoms with Crippen LogP contribution in [0.25, 0.3) is 5.57 Å². The summed E-state index contributed by atoms with van der Waals surface area (Å²) in [5.74, 6) is -0.342. The Morgan fingerprint density at radius 2 is 2.09 bits per heavy atom. The van der Waals surface area contributed by atoms with Crippen molar-refractivity contribution >= 4 is 28.9 Å². The first-order valence-corrected chi connectivity index (χ1v) is 10.8. The molecule has 1 atom stereocenters. The molecule has 2 aromatic rings. The molecule has 0 aromatic heterocycles. The normalized spacial score (nSPS) is 17.7. The van der Waals surface area contributed by atoms with E-state index in [1.165, 1.54) is 17.0 Å². The highest BCUT2D eigenvalue weighted by Gasteiger charge is 2.32. The van der Waals surface area contributed by atoms with E-state index in [-0.39, 0.29) is 24.9 Å². The van der Waals surface area contributed by atoms with Gasteiger partial charge in [-0.05, 0) is 55.2 Å². The predicted molar refractivity (Wildman–Crippen MR) is 120 cm³/mol. The molecule has 7 nitrogen and oxygen atoms in total. The van der Waals surface area contributed by atoms with Crippen LogP contribution in [0.3, 0.4) is 0 Å². The van der Waals surface area contributed by atoms with Gasteiger partial charge in [0.05, 0.1) is 18.3 Å². The largest absolute Gasteiger partial charge is 0.493 e. The number of aliphatic hydroxyl groups is 1. The zero-order valence-corrected chi connectivity index (χ0v) is 18.4. The van der Waals surface area contributed by atoms with Gasteiger partial charge >= 0.3 is 12.2 Å². The zero-order valence-electron chi connectivity index (χ0n) is 18.4. The van der Waals surface area contributed by atoms with Crippen molar-refractivity contribution in [3.05, 3.63) is 59.2 Å². The number of β-amino-alcohol motifs (C(OH)–C–C–N with tert-alkyl or cyclic N) is 1. The van der Waals surface area contributed by atoms with Gasteiger partial charge in [-0.15, -0.1) is 0 Å². The van der Waals surface area contributed by atoms with E-state index in [1.54, 1.807) is 25.1 Å². The Morgan fingerprint density at radius 3 is 2.82 bits per heavy atom. The summed E-state index contributed by atoms with van der Waals surface area (Å²) < 4.78 is 44.7. The first-order chi connectivity index (χ1) is 16.1. The number of nitrogens with one attached hydrogen (secondary N) is 2. The van der Waals surface area contributed by atoms with E-state index < -0.39 is 23.8 Å². The number of alkyl halides is 3. The van der Waals surface area contributed by atoms with Crippen molar-refractivity contribution in [2.75, 3.05) is 23.8 Å². The Hall–Kier alpha value is -3.53. The molecule has 4 rings (SSSR count). The molecule has 2 aliphatic heterocycles. The van der Waals surface area contributed by atoms with Gasteiger partial charge in [-0.2, -0.15) is 13.2 Å². The number of fused-ring (bicyclic) bond motifs is 2. The number of amides is 3. The molecule has 0 aliphatic carbocycles. The van der Waals surface area contributed by atoms with E-state index >= 15 is 0 Å². The lowest BCUT2D eigenvalue weighted by Gasteiger charge is -2.30. The number of hydrogen-bond donors (Lipinski definition) is 3. The first kappa shape index (κ1) is 23.6. The molecule has 0 spiro atoms. The molecule has 180 valence electrons. The molecule has 0 radical (unpaired) electrons. The topological polar surface area (TPSA) is 90.9 Å². The lowest BCUT2D eigenvalue weighted by atomic mass is 9.99. The average Bonchev–Trinajstić information content (AvgIpc) is 2.95. The molecular weight excluding hydrogens is 451 g/mol. The van der Waals surface area contributed by atoms with Crippen molar-refractivity contribution < 1.29 is 32.6 Å². The highest BCUT2D eigenvalue weighted by Crippen LogP contribution is 2.38. The van der Waals surface area contributed by atoms with E-state index in [9.17, 15) is 27.9 Å².